The Morgan fingerprint density at radius 2 is 1.88 bits per heavy atom. The molecule has 0 heterocycles. The lowest BCUT2D eigenvalue weighted by atomic mass is 9.71. The number of hydrogen-bond donors (Lipinski definition) is 1. The van der Waals surface area contributed by atoms with E-state index in [9.17, 15) is 14.3 Å². The van der Waals surface area contributed by atoms with E-state index in [-0.39, 0.29) is 17.0 Å². The van der Waals surface area contributed by atoms with E-state index in [0.29, 0.717) is 16.7 Å². The number of aldehydes is 1. The lowest BCUT2D eigenvalue weighted by Gasteiger charge is -2.33. The summed E-state index contributed by atoms with van der Waals surface area (Å²) in [6.45, 7) is 4.35. The van der Waals surface area contributed by atoms with Crippen molar-refractivity contribution in [3.05, 3.63) is 59.4 Å². The molecule has 0 saturated carbocycles. The molecule has 3 rings (SSSR count). The molecule has 1 N–H and O–H groups in total. The highest BCUT2D eigenvalue weighted by atomic mass is 19.1. The van der Waals surface area contributed by atoms with Crippen LogP contribution in [0.5, 0.6) is 5.75 Å². The lowest BCUT2D eigenvalue weighted by Crippen LogP contribution is -2.17. The predicted octanol–water partition coefficient (Wildman–Crippen LogP) is 5.60. The quantitative estimate of drug-likeness (QED) is 0.746. The number of carbonyl (C=O) groups is 1. The first-order chi connectivity index (χ1) is 11.4. The molecule has 2 nitrogen and oxygen atoms in total. The maximum Gasteiger partial charge on any atom is 0.150 e. The second-order valence-electron chi connectivity index (χ2n) is 6.98. The van der Waals surface area contributed by atoms with Crippen LogP contribution in [0.3, 0.4) is 0 Å². The zero-order chi connectivity index (χ0) is 17.3. The average molecular weight is 324 g/mol. The molecule has 124 valence electrons. The molecule has 0 radical (unpaired) electrons. The van der Waals surface area contributed by atoms with Crippen LogP contribution in [0, 0.1) is 11.2 Å². The second-order valence-corrected chi connectivity index (χ2v) is 6.98. The first-order valence-corrected chi connectivity index (χ1v) is 8.21. The Labute approximate surface area is 141 Å². The van der Waals surface area contributed by atoms with Gasteiger partial charge in [0.1, 0.15) is 17.9 Å². The van der Waals surface area contributed by atoms with Gasteiger partial charge in [-0.15, -0.1) is 0 Å². The minimum atomic E-state index is -0.387. The largest absolute Gasteiger partial charge is 0.508 e. The standard InChI is InChI=1S/C21H21FO2/c1-21(2)10-4-3-5-19(21)17-11-14(13-23)6-8-16(17)18-12-15(24)7-9-20(18)22/h5-9,11-13,24H,3-4,10H2,1-2H3. The summed E-state index contributed by atoms with van der Waals surface area (Å²) in [4.78, 5) is 11.2. The fourth-order valence-electron chi connectivity index (χ4n) is 3.49. The first kappa shape index (κ1) is 16.4. The molecule has 2 aromatic rings. The van der Waals surface area contributed by atoms with Crippen molar-refractivity contribution < 1.29 is 14.3 Å². The van der Waals surface area contributed by atoms with Crippen molar-refractivity contribution in [2.45, 2.75) is 33.1 Å². The summed E-state index contributed by atoms with van der Waals surface area (Å²) in [5.74, 6) is -0.365. The second kappa shape index (κ2) is 6.23. The molecule has 0 spiro atoms. The van der Waals surface area contributed by atoms with Crippen molar-refractivity contribution in [3.8, 4) is 16.9 Å². The molecule has 0 amide bonds. The maximum atomic E-state index is 14.4. The molecule has 24 heavy (non-hydrogen) atoms. The Balaban J connectivity index is 2.26. The molecular formula is C21H21FO2. The summed E-state index contributed by atoms with van der Waals surface area (Å²) in [5.41, 5.74) is 3.59. The molecule has 0 bridgehead atoms. The Bertz CT molecular complexity index is 819. The van der Waals surface area contributed by atoms with Gasteiger partial charge in [0, 0.05) is 11.1 Å². The van der Waals surface area contributed by atoms with Crippen LogP contribution in [0.2, 0.25) is 0 Å². The summed E-state index contributed by atoms with van der Waals surface area (Å²) in [6.07, 6.45) is 6.15. The van der Waals surface area contributed by atoms with Gasteiger partial charge in [0.05, 0.1) is 0 Å². The molecule has 0 aliphatic heterocycles. The van der Waals surface area contributed by atoms with Gasteiger partial charge in [0.15, 0.2) is 0 Å². The number of carbonyl (C=O) groups excluding carboxylic acids is 1. The van der Waals surface area contributed by atoms with E-state index in [0.717, 1.165) is 36.7 Å². The minimum Gasteiger partial charge on any atom is -0.508 e. The van der Waals surface area contributed by atoms with Crippen molar-refractivity contribution in [2.75, 3.05) is 0 Å². The fraction of sp³-hybridized carbons (Fsp3) is 0.286. The zero-order valence-electron chi connectivity index (χ0n) is 14.0. The third-order valence-corrected chi connectivity index (χ3v) is 4.79. The molecule has 1 aliphatic carbocycles. The number of allylic oxidation sites excluding steroid dienone is 2. The maximum absolute atomic E-state index is 14.4. The Morgan fingerprint density at radius 1 is 1.08 bits per heavy atom. The van der Waals surface area contributed by atoms with E-state index in [1.807, 2.05) is 6.07 Å². The number of aromatic hydroxyl groups is 1. The van der Waals surface area contributed by atoms with Crippen LogP contribution < -0.4 is 0 Å². The van der Waals surface area contributed by atoms with Crippen molar-refractivity contribution in [1.82, 2.24) is 0 Å². The van der Waals surface area contributed by atoms with Gasteiger partial charge >= 0.3 is 0 Å². The molecule has 0 fully saturated rings. The number of phenols is 1. The topological polar surface area (TPSA) is 37.3 Å². The average Bonchev–Trinajstić information content (AvgIpc) is 2.56. The van der Waals surface area contributed by atoms with Crippen molar-refractivity contribution in [3.63, 3.8) is 0 Å². The van der Waals surface area contributed by atoms with Gasteiger partial charge in [0.25, 0.3) is 0 Å². The van der Waals surface area contributed by atoms with Gasteiger partial charge in [0.2, 0.25) is 0 Å². The van der Waals surface area contributed by atoms with Gasteiger partial charge in [-0.05, 0) is 65.6 Å². The highest BCUT2D eigenvalue weighted by molar-refractivity contribution is 5.88. The van der Waals surface area contributed by atoms with E-state index < -0.39 is 0 Å². The number of rotatable bonds is 3. The Hall–Kier alpha value is -2.42. The number of hydrogen-bond acceptors (Lipinski definition) is 2. The molecule has 3 heteroatoms. The fourth-order valence-corrected chi connectivity index (χ4v) is 3.49. The van der Waals surface area contributed by atoms with Gasteiger partial charge in [-0.25, -0.2) is 4.39 Å². The van der Waals surface area contributed by atoms with Gasteiger partial charge in [-0.3, -0.25) is 4.79 Å². The van der Waals surface area contributed by atoms with Crippen molar-refractivity contribution in [1.29, 1.82) is 0 Å². The van der Waals surface area contributed by atoms with E-state index in [2.05, 4.69) is 19.9 Å². The van der Waals surface area contributed by atoms with E-state index in [1.165, 1.54) is 18.2 Å². The number of halogens is 1. The minimum absolute atomic E-state index is 0.0219. The van der Waals surface area contributed by atoms with E-state index >= 15 is 0 Å². The normalized spacial score (nSPS) is 16.5. The van der Waals surface area contributed by atoms with Crippen LogP contribution in [-0.2, 0) is 0 Å². The van der Waals surface area contributed by atoms with Crippen molar-refractivity contribution >= 4 is 11.9 Å². The van der Waals surface area contributed by atoms with Gasteiger partial charge in [-0.1, -0.05) is 32.1 Å². The smallest absolute Gasteiger partial charge is 0.150 e. The summed E-state index contributed by atoms with van der Waals surface area (Å²) in [5, 5.41) is 9.77. The summed E-state index contributed by atoms with van der Waals surface area (Å²) < 4.78 is 14.4. The van der Waals surface area contributed by atoms with Crippen LogP contribution in [0.25, 0.3) is 16.7 Å². The third-order valence-electron chi connectivity index (χ3n) is 4.79. The molecule has 2 aromatic carbocycles. The summed E-state index contributed by atoms with van der Waals surface area (Å²) >= 11 is 0. The predicted molar refractivity (Wildman–Crippen MR) is 94.5 cm³/mol. The highest BCUT2D eigenvalue weighted by Gasteiger charge is 2.29. The van der Waals surface area contributed by atoms with E-state index in [1.54, 1.807) is 12.1 Å². The molecule has 0 aromatic heterocycles. The van der Waals surface area contributed by atoms with Crippen LogP contribution in [0.1, 0.15) is 49.0 Å². The monoisotopic (exact) mass is 324 g/mol. The summed E-state index contributed by atoms with van der Waals surface area (Å²) in [7, 11) is 0. The van der Waals surface area contributed by atoms with Gasteiger partial charge in [-0.2, -0.15) is 0 Å². The Kier molecular flexibility index (Phi) is 4.27. The zero-order valence-corrected chi connectivity index (χ0v) is 14.0. The molecule has 0 atom stereocenters. The van der Waals surface area contributed by atoms with Crippen LogP contribution >= 0.6 is 0 Å². The molecule has 0 saturated heterocycles. The Morgan fingerprint density at radius 3 is 2.58 bits per heavy atom. The summed E-state index contributed by atoms with van der Waals surface area (Å²) in [6, 6.07) is 9.31. The number of phenolic OH excluding ortho intramolecular Hbond substituents is 1. The SMILES string of the molecule is CC1(C)CCCC=C1c1cc(C=O)ccc1-c1cc(O)ccc1F. The molecular weight excluding hydrogens is 303 g/mol. The van der Waals surface area contributed by atoms with Crippen LogP contribution in [0.4, 0.5) is 4.39 Å². The third kappa shape index (κ3) is 2.99. The van der Waals surface area contributed by atoms with Crippen molar-refractivity contribution in [2.24, 2.45) is 5.41 Å². The molecule has 0 unspecified atom stereocenters. The van der Waals surface area contributed by atoms with E-state index in [4.69, 9.17) is 0 Å². The lowest BCUT2D eigenvalue weighted by molar-refractivity contribution is 0.112. The molecule has 1 aliphatic rings. The highest BCUT2D eigenvalue weighted by Crippen LogP contribution is 2.46. The number of benzene rings is 2. The first-order valence-electron chi connectivity index (χ1n) is 8.21. The van der Waals surface area contributed by atoms with Gasteiger partial charge < -0.3 is 5.11 Å². The van der Waals surface area contributed by atoms with Crippen LogP contribution in [-0.4, -0.2) is 11.4 Å². The van der Waals surface area contributed by atoms with Crippen LogP contribution in [0.15, 0.2) is 42.5 Å².